The number of nitrogens with zero attached hydrogens (tertiary/aromatic N) is 1. The van der Waals surface area contributed by atoms with Crippen molar-refractivity contribution < 1.29 is 10.2 Å². The van der Waals surface area contributed by atoms with Crippen molar-refractivity contribution in [3.63, 3.8) is 0 Å². The predicted molar refractivity (Wildman–Crippen MR) is 78.0 cm³/mol. The van der Waals surface area contributed by atoms with Crippen LogP contribution in [0.5, 0.6) is 5.75 Å². The van der Waals surface area contributed by atoms with Crippen LogP contribution in [-0.2, 0) is 0 Å². The maximum Gasteiger partial charge on any atom is 0.123 e. The zero-order chi connectivity index (χ0) is 14.0. The van der Waals surface area contributed by atoms with Gasteiger partial charge in [-0.05, 0) is 31.5 Å². The summed E-state index contributed by atoms with van der Waals surface area (Å²) in [5.41, 5.74) is 3.69. The van der Waals surface area contributed by atoms with Crippen LogP contribution in [0.3, 0.4) is 0 Å². The molecule has 2 rings (SSSR count). The second kappa shape index (κ2) is 5.33. The van der Waals surface area contributed by atoms with E-state index in [4.69, 9.17) is 0 Å². The van der Waals surface area contributed by atoms with Gasteiger partial charge in [0.15, 0.2) is 0 Å². The molecule has 0 saturated carbocycles. The highest BCUT2D eigenvalue weighted by Gasteiger charge is 2.11. The Labute approximate surface area is 113 Å². The van der Waals surface area contributed by atoms with Crippen LogP contribution in [0.2, 0.25) is 0 Å². The van der Waals surface area contributed by atoms with Crippen molar-refractivity contribution in [1.29, 1.82) is 0 Å². The molecule has 0 fully saturated rings. The molecular weight excluding hydrogens is 238 g/mol. The number of aryl methyl sites for hydroxylation is 1. The Morgan fingerprint density at radius 3 is 2.37 bits per heavy atom. The van der Waals surface area contributed by atoms with Gasteiger partial charge in [0.25, 0.3) is 0 Å². The van der Waals surface area contributed by atoms with Gasteiger partial charge in [0.2, 0.25) is 0 Å². The minimum atomic E-state index is -0.669. The Morgan fingerprint density at radius 2 is 1.79 bits per heavy atom. The first-order chi connectivity index (χ1) is 9.00. The molecule has 2 aromatic carbocycles. The van der Waals surface area contributed by atoms with Gasteiger partial charge < -0.3 is 15.1 Å². The van der Waals surface area contributed by atoms with Crippen molar-refractivity contribution in [1.82, 2.24) is 0 Å². The Balaban J connectivity index is 2.38. The SMILES string of the molecule is Cc1ccccc1N(C)c1ccc(C(C)O)c(O)c1. The van der Waals surface area contributed by atoms with Gasteiger partial charge >= 0.3 is 0 Å². The lowest BCUT2D eigenvalue weighted by Gasteiger charge is -2.22. The molecule has 0 aromatic heterocycles. The van der Waals surface area contributed by atoms with Crippen molar-refractivity contribution in [3.05, 3.63) is 53.6 Å². The minimum absolute atomic E-state index is 0.118. The molecule has 100 valence electrons. The van der Waals surface area contributed by atoms with E-state index >= 15 is 0 Å². The van der Waals surface area contributed by atoms with E-state index in [1.807, 2.05) is 36.2 Å². The summed E-state index contributed by atoms with van der Waals surface area (Å²) in [6, 6.07) is 13.4. The molecule has 0 aliphatic carbocycles. The van der Waals surface area contributed by atoms with Gasteiger partial charge in [0.1, 0.15) is 5.75 Å². The van der Waals surface area contributed by atoms with Crippen LogP contribution in [0.4, 0.5) is 11.4 Å². The number of hydrogen-bond donors (Lipinski definition) is 2. The van der Waals surface area contributed by atoms with Crippen LogP contribution in [0.15, 0.2) is 42.5 Å². The summed E-state index contributed by atoms with van der Waals surface area (Å²) < 4.78 is 0. The van der Waals surface area contributed by atoms with Gasteiger partial charge in [-0.25, -0.2) is 0 Å². The average Bonchev–Trinajstić information content (AvgIpc) is 2.38. The third-order valence-corrected chi connectivity index (χ3v) is 3.33. The molecule has 0 saturated heterocycles. The molecule has 1 atom stereocenters. The summed E-state index contributed by atoms with van der Waals surface area (Å²) in [7, 11) is 1.96. The van der Waals surface area contributed by atoms with E-state index in [0.717, 1.165) is 11.4 Å². The van der Waals surface area contributed by atoms with Gasteiger partial charge in [-0.2, -0.15) is 0 Å². The first kappa shape index (κ1) is 13.4. The highest BCUT2D eigenvalue weighted by atomic mass is 16.3. The maximum absolute atomic E-state index is 9.94. The highest BCUT2D eigenvalue weighted by Crippen LogP contribution is 2.32. The summed E-state index contributed by atoms with van der Waals surface area (Å²) in [6.07, 6.45) is -0.669. The fourth-order valence-corrected chi connectivity index (χ4v) is 2.17. The zero-order valence-corrected chi connectivity index (χ0v) is 11.5. The van der Waals surface area contributed by atoms with Crippen molar-refractivity contribution in [3.8, 4) is 5.75 Å². The van der Waals surface area contributed by atoms with Gasteiger partial charge in [0, 0.05) is 30.1 Å². The van der Waals surface area contributed by atoms with E-state index in [1.54, 1.807) is 19.1 Å². The Bertz CT molecular complexity index is 579. The van der Waals surface area contributed by atoms with Crippen molar-refractivity contribution in [2.75, 3.05) is 11.9 Å². The Morgan fingerprint density at radius 1 is 1.11 bits per heavy atom. The van der Waals surface area contributed by atoms with Crippen LogP contribution < -0.4 is 4.90 Å². The van der Waals surface area contributed by atoms with Gasteiger partial charge in [-0.15, -0.1) is 0 Å². The van der Waals surface area contributed by atoms with Crippen molar-refractivity contribution in [2.24, 2.45) is 0 Å². The molecule has 0 aliphatic heterocycles. The normalized spacial score (nSPS) is 12.2. The maximum atomic E-state index is 9.94. The third kappa shape index (κ3) is 2.71. The summed E-state index contributed by atoms with van der Waals surface area (Å²) in [4.78, 5) is 2.01. The molecule has 3 heteroatoms. The van der Waals surface area contributed by atoms with Crippen LogP contribution in [0, 0.1) is 6.92 Å². The number of para-hydroxylation sites is 1. The number of aliphatic hydroxyl groups is 1. The minimum Gasteiger partial charge on any atom is -0.507 e. The van der Waals surface area contributed by atoms with Crippen LogP contribution in [0.1, 0.15) is 24.2 Å². The van der Waals surface area contributed by atoms with Gasteiger partial charge in [0.05, 0.1) is 6.10 Å². The zero-order valence-electron chi connectivity index (χ0n) is 11.5. The van der Waals surface area contributed by atoms with E-state index in [-0.39, 0.29) is 5.75 Å². The van der Waals surface area contributed by atoms with E-state index in [1.165, 1.54) is 5.56 Å². The number of benzene rings is 2. The average molecular weight is 257 g/mol. The lowest BCUT2D eigenvalue weighted by Crippen LogP contribution is -2.10. The molecule has 0 heterocycles. The first-order valence-electron chi connectivity index (χ1n) is 6.31. The smallest absolute Gasteiger partial charge is 0.123 e. The second-order valence-corrected chi connectivity index (χ2v) is 4.76. The number of aromatic hydroxyl groups is 1. The van der Waals surface area contributed by atoms with E-state index in [2.05, 4.69) is 13.0 Å². The molecule has 3 nitrogen and oxygen atoms in total. The van der Waals surface area contributed by atoms with E-state index in [0.29, 0.717) is 5.56 Å². The number of phenols is 1. The Hall–Kier alpha value is -2.00. The predicted octanol–water partition coefficient (Wildman–Crippen LogP) is 3.52. The lowest BCUT2D eigenvalue weighted by molar-refractivity contribution is 0.195. The summed E-state index contributed by atoms with van der Waals surface area (Å²) in [6.45, 7) is 3.69. The molecule has 0 spiro atoms. The fourth-order valence-electron chi connectivity index (χ4n) is 2.17. The van der Waals surface area contributed by atoms with Gasteiger partial charge in [-0.1, -0.05) is 24.3 Å². The summed E-state index contributed by atoms with van der Waals surface area (Å²) in [5, 5.41) is 19.5. The monoisotopic (exact) mass is 257 g/mol. The second-order valence-electron chi connectivity index (χ2n) is 4.76. The quantitative estimate of drug-likeness (QED) is 0.884. The summed E-state index contributed by atoms with van der Waals surface area (Å²) in [5.74, 6) is 0.118. The Kier molecular flexibility index (Phi) is 3.76. The van der Waals surface area contributed by atoms with Crippen LogP contribution in [0.25, 0.3) is 0 Å². The number of anilines is 2. The molecule has 1 unspecified atom stereocenters. The van der Waals surface area contributed by atoms with Crippen molar-refractivity contribution in [2.45, 2.75) is 20.0 Å². The van der Waals surface area contributed by atoms with Crippen LogP contribution in [-0.4, -0.2) is 17.3 Å². The standard InChI is InChI=1S/C16H19NO2/c1-11-6-4-5-7-15(11)17(3)13-8-9-14(12(2)18)16(19)10-13/h4-10,12,18-19H,1-3H3. The molecule has 0 aliphatic rings. The molecular formula is C16H19NO2. The molecule has 2 N–H and O–H groups in total. The largest absolute Gasteiger partial charge is 0.507 e. The summed E-state index contributed by atoms with van der Waals surface area (Å²) >= 11 is 0. The lowest BCUT2D eigenvalue weighted by atomic mass is 10.1. The third-order valence-electron chi connectivity index (χ3n) is 3.33. The topological polar surface area (TPSA) is 43.7 Å². The van der Waals surface area contributed by atoms with Gasteiger partial charge in [-0.3, -0.25) is 0 Å². The van der Waals surface area contributed by atoms with E-state index in [9.17, 15) is 10.2 Å². The fraction of sp³-hybridized carbons (Fsp3) is 0.250. The molecule has 0 radical (unpaired) electrons. The molecule has 2 aromatic rings. The first-order valence-corrected chi connectivity index (χ1v) is 6.31. The van der Waals surface area contributed by atoms with E-state index < -0.39 is 6.10 Å². The number of phenolic OH excluding ortho intramolecular Hbond substituents is 1. The highest BCUT2D eigenvalue weighted by molar-refractivity contribution is 5.67. The molecule has 0 amide bonds. The number of hydrogen-bond acceptors (Lipinski definition) is 3. The molecule has 0 bridgehead atoms. The van der Waals surface area contributed by atoms with Crippen molar-refractivity contribution >= 4 is 11.4 Å². The number of rotatable bonds is 3. The molecule has 19 heavy (non-hydrogen) atoms. The van der Waals surface area contributed by atoms with Crippen LogP contribution >= 0.6 is 0 Å². The number of aliphatic hydroxyl groups excluding tert-OH is 1.